The standard InChI is InChI=1S/C21H23N3O5S/c1-5-27-15-8-6-14(7-9-15)17-10-16(24-29-17)19(25)23-21-22-13(4)18(30-21)20(26)28-11-12(2)3/h6-10,12H,5,11H2,1-4H3,(H,22,23,25). The van der Waals surface area contributed by atoms with E-state index in [0.717, 1.165) is 22.6 Å². The predicted molar refractivity (Wildman–Crippen MR) is 113 cm³/mol. The molecule has 30 heavy (non-hydrogen) atoms. The van der Waals surface area contributed by atoms with Gasteiger partial charge in [0.05, 0.1) is 18.9 Å². The molecule has 3 aromatic rings. The Morgan fingerprint density at radius 1 is 1.23 bits per heavy atom. The number of nitrogens with one attached hydrogen (secondary N) is 1. The summed E-state index contributed by atoms with van der Waals surface area (Å²) in [5.41, 5.74) is 1.38. The molecule has 2 heterocycles. The summed E-state index contributed by atoms with van der Waals surface area (Å²) in [4.78, 5) is 29.3. The molecule has 0 aliphatic carbocycles. The molecule has 0 radical (unpaired) electrons. The number of hydrogen-bond acceptors (Lipinski definition) is 8. The van der Waals surface area contributed by atoms with Crippen molar-refractivity contribution in [3.05, 3.63) is 46.6 Å². The van der Waals surface area contributed by atoms with Gasteiger partial charge in [0.1, 0.15) is 10.6 Å². The van der Waals surface area contributed by atoms with Crippen molar-refractivity contribution in [3.8, 4) is 17.1 Å². The maximum Gasteiger partial charge on any atom is 0.350 e. The summed E-state index contributed by atoms with van der Waals surface area (Å²) in [5, 5.41) is 6.77. The molecule has 1 N–H and O–H groups in total. The first-order chi connectivity index (χ1) is 14.4. The Morgan fingerprint density at radius 3 is 2.63 bits per heavy atom. The molecular weight excluding hydrogens is 406 g/mol. The van der Waals surface area contributed by atoms with Crippen LogP contribution in [-0.4, -0.2) is 35.2 Å². The molecule has 0 saturated carbocycles. The van der Waals surface area contributed by atoms with Crippen molar-refractivity contribution in [3.63, 3.8) is 0 Å². The van der Waals surface area contributed by atoms with Gasteiger partial charge in [-0.1, -0.05) is 30.3 Å². The Balaban J connectivity index is 1.67. The number of benzene rings is 1. The molecule has 9 heteroatoms. The van der Waals surface area contributed by atoms with E-state index in [-0.39, 0.29) is 11.6 Å². The highest BCUT2D eigenvalue weighted by atomic mass is 32.1. The Labute approximate surface area is 178 Å². The summed E-state index contributed by atoms with van der Waals surface area (Å²) >= 11 is 1.06. The van der Waals surface area contributed by atoms with Gasteiger partial charge in [-0.3, -0.25) is 10.1 Å². The number of amides is 1. The largest absolute Gasteiger partial charge is 0.494 e. The van der Waals surface area contributed by atoms with Gasteiger partial charge in [0, 0.05) is 11.6 Å². The summed E-state index contributed by atoms with van der Waals surface area (Å²) in [6, 6.07) is 8.83. The van der Waals surface area contributed by atoms with E-state index in [1.54, 1.807) is 13.0 Å². The molecule has 0 aliphatic heterocycles. The third kappa shape index (κ3) is 5.24. The molecule has 3 rings (SSSR count). The van der Waals surface area contributed by atoms with E-state index in [9.17, 15) is 9.59 Å². The van der Waals surface area contributed by atoms with Gasteiger partial charge in [0.25, 0.3) is 5.91 Å². The molecule has 0 aliphatic rings. The molecule has 0 unspecified atom stereocenters. The fourth-order valence-corrected chi connectivity index (χ4v) is 3.36. The minimum absolute atomic E-state index is 0.107. The molecule has 2 aromatic heterocycles. The van der Waals surface area contributed by atoms with Gasteiger partial charge < -0.3 is 14.0 Å². The number of aryl methyl sites for hydroxylation is 1. The van der Waals surface area contributed by atoms with Crippen LogP contribution in [0.25, 0.3) is 11.3 Å². The topological polar surface area (TPSA) is 104 Å². The lowest BCUT2D eigenvalue weighted by Gasteiger charge is -2.05. The average molecular weight is 429 g/mol. The first-order valence-electron chi connectivity index (χ1n) is 9.53. The van der Waals surface area contributed by atoms with Gasteiger partial charge in [-0.2, -0.15) is 0 Å². The Morgan fingerprint density at radius 2 is 1.97 bits per heavy atom. The van der Waals surface area contributed by atoms with Crippen LogP contribution in [-0.2, 0) is 4.74 Å². The number of nitrogens with zero attached hydrogens (tertiary/aromatic N) is 2. The maximum absolute atomic E-state index is 12.5. The van der Waals surface area contributed by atoms with Crippen LogP contribution in [0.2, 0.25) is 0 Å². The van der Waals surface area contributed by atoms with Gasteiger partial charge in [-0.05, 0) is 44.0 Å². The van der Waals surface area contributed by atoms with Gasteiger partial charge in [-0.25, -0.2) is 9.78 Å². The number of aromatic nitrogens is 2. The fraction of sp³-hybridized carbons (Fsp3) is 0.333. The van der Waals surface area contributed by atoms with Crippen LogP contribution in [0, 0.1) is 12.8 Å². The number of carbonyl (C=O) groups excluding carboxylic acids is 2. The van der Waals surface area contributed by atoms with E-state index in [0.29, 0.717) is 34.7 Å². The summed E-state index contributed by atoms with van der Waals surface area (Å²) in [5.74, 6) is 0.514. The molecule has 8 nitrogen and oxygen atoms in total. The lowest BCUT2D eigenvalue weighted by Crippen LogP contribution is -2.11. The van der Waals surface area contributed by atoms with Gasteiger partial charge in [0.15, 0.2) is 16.6 Å². The summed E-state index contributed by atoms with van der Waals surface area (Å²) in [6.07, 6.45) is 0. The van der Waals surface area contributed by atoms with Crippen LogP contribution in [0.4, 0.5) is 5.13 Å². The van der Waals surface area contributed by atoms with Crippen LogP contribution in [0.3, 0.4) is 0 Å². The summed E-state index contributed by atoms with van der Waals surface area (Å²) < 4.78 is 15.9. The van der Waals surface area contributed by atoms with E-state index in [2.05, 4.69) is 15.5 Å². The molecule has 0 spiro atoms. The number of anilines is 1. The predicted octanol–water partition coefficient (Wildman–Crippen LogP) is 4.57. The molecule has 1 amide bonds. The Kier molecular flexibility index (Phi) is 6.83. The average Bonchev–Trinajstić information content (AvgIpc) is 3.34. The van der Waals surface area contributed by atoms with Crippen molar-refractivity contribution >= 4 is 28.3 Å². The number of esters is 1. The number of rotatable bonds is 8. The number of hydrogen-bond donors (Lipinski definition) is 1. The first-order valence-corrected chi connectivity index (χ1v) is 10.3. The summed E-state index contributed by atoms with van der Waals surface area (Å²) in [6.45, 7) is 8.43. The lowest BCUT2D eigenvalue weighted by molar-refractivity contribution is 0.0463. The molecular formula is C21H23N3O5S. The lowest BCUT2D eigenvalue weighted by atomic mass is 10.1. The first kappa shape index (κ1) is 21.5. The second kappa shape index (κ2) is 9.53. The maximum atomic E-state index is 12.5. The zero-order valence-electron chi connectivity index (χ0n) is 17.2. The van der Waals surface area contributed by atoms with Crippen LogP contribution in [0.1, 0.15) is 46.6 Å². The fourth-order valence-electron chi connectivity index (χ4n) is 2.51. The van der Waals surface area contributed by atoms with Crippen molar-refractivity contribution in [2.75, 3.05) is 18.5 Å². The van der Waals surface area contributed by atoms with E-state index in [1.165, 1.54) is 0 Å². The van der Waals surface area contributed by atoms with Crippen molar-refractivity contribution in [2.45, 2.75) is 27.7 Å². The van der Waals surface area contributed by atoms with Crippen LogP contribution in [0.5, 0.6) is 5.75 Å². The zero-order chi connectivity index (χ0) is 21.7. The molecule has 0 atom stereocenters. The van der Waals surface area contributed by atoms with Gasteiger partial charge >= 0.3 is 5.97 Å². The summed E-state index contributed by atoms with van der Waals surface area (Å²) in [7, 11) is 0. The SMILES string of the molecule is CCOc1ccc(-c2cc(C(=O)Nc3nc(C)c(C(=O)OCC(C)C)s3)no2)cc1. The van der Waals surface area contributed by atoms with E-state index in [4.69, 9.17) is 14.0 Å². The molecule has 0 bridgehead atoms. The second-order valence-corrected chi connectivity index (χ2v) is 7.91. The highest BCUT2D eigenvalue weighted by molar-refractivity contribution is 7.17. The van der Waals surface area contributed by atoms with Gasteiger partial charge in [-0.15, -0.1) is 0 Å². The van der Waals surface area contributed by atoms with Gasteiger partial charge in [0.2, 0.25) is 0 Å². The van der Waals surface area contributed by atoms with Crippen molar-refractivity contribution in [1.82, 2.24) is 10.1 Å². The Bertz CT molecular complexity index is 1020. The minimum Gasteiger partial charge on any atom is -0.494 e. The van der Waals surface area contributed by atoms with Crippen LogP contribution < -0.4 is 10.1 Å². The third-order valence-corrected chi connectivity index (χ3v) is 5.00. The Hall–Kier alpha value is -3.20. The van der Waals surface area contributed by atoms with Crippen molar-refractivity contribution in [2.24, 2.45) is 5.92 Å². The molecule has 158 valence electrons. The zero-order valence-corrected chi connectivity index (χ0v) is 18.0. The highest BCUT2D eigenvalue weighted by Gasteiger charge is 2.20. The molecule has 0 fully saturated rings. The normalized spacial score (nSPS) is 10.8. The highest BCUT2D eigenvalue weighted by Crippen LogP contribution is 2.26. The second-order valence-electron chi connectivity index (χ2n) is 6.91. The minimum atomic E-state index is -0.480. The number of ether oxygens (including phenoxy) is 2. The van der Waals surface area contributed by atoms with Crippen LogP contribution in [0.15, 0.2) is 34.9 Å². The van der Waals surface area contributed by atoms with Crippen LogP contribution >= 0.6 is 11.3 Å². The smallest absolute Gasteiger partial charge is 0.350 e. The van der Waals surface area contributed by atoms with E-state index in [1.807, 2.05) is 45.0 Å². The number of carbonyl (C=O) groups is 2. The van der Waals surface area contributed by atoms with Crippen molar-refractivity contribution < 1.29 is 23.6 Å². The van der Waals surface area contributed by atoms with E-state index >= 15 is 0 Å². The van der Waals surface area contributed by atoms with Crippen molar-refractivity contribution in [1.29, 1.82) is 0 Å². The van der Waals surface area contributed by atoms with E-state index < -0.39 is 11.9 Å². The number of thiazole rings is 1. The molecule has 1 aromatic carbocycles. The quantitative estimate of drug-likeness (QED) is 0.523. The third-order valence-electron chi connectivity index (χ3n) is 3.94. The monoisotopic (exact) mass is 429 g/mol. The molecule has 0 saturated heterocycles.